The predicted molar refractivity (Wildman–Crippen MR) is 153 cm³/mol. The number of benzene rings is 2. The Kier molecular flexibility index (Phi) is 8.25. The van der Waals surface area contributed by atoms with Crippen molar-refractivity contribution in [2.75, 3.05) is 19.0 Å². The molecule has 0 spiro atoms. The van der Waals surface area contributed by atoms with Gasteiger partial charge < -0.3 is 19.5 Å². The number of esters is 1. The first-order valence-corrected chi connectivity index (χ1v) is 13.6. The molecule has 9 nitrogen and oxygen atoms in total. The second-order valence-electron chi connectivity index (χ2n) is 9.50. The fourth-order valence-electron chi connectivity index (χ4n) is 4.89. The van der Waals surface area contributed by atoms with Gasteiger partial charge in [0.2, 0.25) is 5.91 Å². The lowest BCUT2D eigenvalue weighted by atomic mass is 10.0. The van der Waals surface area contributed by atoms with Gasteiger partial charge in [-0.05, 0) is 56.5 Å². The van der Waals surface area contributed by atoms with E-state index >= 15 is 0 Å². The number of hydrogen-bond acceptors (Lipinski definition) is 7. The standard InChI is InChI=1S/C29H28Cl2N4O5/c1-16(27-22(30)14-32-15-23(27)31)40-19-8-10-25-21(13-19)28(34-35(25)26-6-4-5-11-39-26)18-7-9-20(29(37)38-3)24(12-18)33-17(2)36/h7-10,12-16,26H,4-6,11H2,1-3H3,(H,33,36)/t16-,26?/m1/s1. The van der Waals surface area contributed by atoms with Crippen molar-refractivity contribution in [3.63, 3.8) is 0 Å². The molecule has 4 aromatic rings. The summed E-state index contributed by atoms with van der Waals surface area (Å²) < 4.78 is 19.1. The second kappa shape index (κ2) is 11.8. The fraction of sp³-hybridized carbons (Fsp3) is 0.310. The third-order valence-electron chi connectivity index (χ3n) is 6.72. The van der Waals surface area contributed by atoms with Crippen molar-refractivity contribution in [1.82, 2.24) is 14.8 Å². The Morgan fingerprint density at radius 1 is 1.12 bits per heavy atom. The van der Waals surface area contributed by atoms with Crippen LogP contribution in [-0.4, -0.2) is 40.4 Å². The first-order valence-electron chi connectivity index (χ1n) is 12.9. The second-order valence-corrected chi connectivity index (χ2v) is 10.3. The van der Waals surface area contributed by atoms with Crippen LogP contribution in [0.25, 0.3) is 22.2 Å². The molecule has 1 N–H and O–H groups in total. The Balaban J connectivity index is 1.61. The lowest BCUT2D eigenvalue weighted by molar-refractivity contribution is -0.114. The van der Waals surface area contributed by atoms with Crippen molar-refractivity contribution in [3.8, 4) is 17.0 Å². The Morgan fingerprint density at radius 2 is 1.90 bits per heavy atom. The maximum absolute atomic E-state index is 12.3. The van der Waals surface area contributed by atoms with E-state index in [-0.39, 0.29) is 17.7 Å². The Hall–Kier alpha value is -3.66. The predicted octanol–water partition coefficient (Wildman–Crippen LogP) is 6.99. The van der Waals surface area contributed by atoms with Crippen LogP contribution in [0.3, 0.4) is 0 Å². The van der Waals surface area contributed by atoms with Gasteiger partial charge in [-0.25, -0.2) is 9.48 Å². The van der Waals surface area contributed by atoms with Crippen molar-refractivity contribution in [3.05, 3.63) is 70.0 Å². The quantitative estimate of drug-likeness (QED) is 0.234. The number of nitrogens with zero attached hydrogens (tertiary/aromatic N) is 3. The van der Waals surface area contributed by atoms with Gasteiger partial charge in [-0.1, -0.05) is 29.3 Å². The Bertz CT molecular complexity index is 1560. The maximum Gasteiger partial charge on any atom is 0.339 e. The lowest BCUT2D eigenvalue weighted by Crippen LogP contribution is -2.19. The molecule has 208 valence electrons. The van der Waals surface area contributed by atoms with E-state index < -0.39 is 12.1 Å². The van der Waals surface area contributed by atoms with Crippen LogP contribution in [0.15, 0.2) is 48.8 Å². The maximum atomic E-state index is 12.3. The number of carbonyl (C=O) groups is 2. The summed E-state index contributed by atoms with van der Waals surface area (Å²) >= 11 is 12.7. The zero-order valence-corrected chi connectivity index (χ0v) is 23.8. The Morgan fingerprint density at radius 3 is 2.58 bits per heavy atom. The average molecular weight is 583 g/mol. The number of hydrogen-bond donors (Lipinski definition) is 1. The molecular weight excluding hydrogens is 555 g/mol. The average Bonchev–Trinajstić information content (AvgIpc) is 3.31. The molecule has 0 saturated carbocycles. The van der Waals surface area contributed by atoms with Crippen molar-refractivity contribution >= 4 is 51.7 Å². The number of carbonyl (C=O) groups excluding carboxylic acids is 2. The zero-order chi connectivity index (χ0) is 28.4. The Labute approximate surface area is 241 Å². The van der Waals surface area contributed by atoms with Crippen molar-refractivity contribution in [1.29, 1.82) is 0 Å². The third kappa shape index (κ3) is 5.63. The molecule has 2 aromatic carbocycles. The molecule has 0 radical (unpaired) electrons. The third-order valence-corrected chi connectivity index (χ3v) is 7.33. The number of pyridine rings is 1. The van der Waals surface area contributed by atoms with Crippen molar-refractivity contribution in [2.24, 2.45) is 0 Å². The number of halogens is 2. The highest BCUT2D eigenvalue weighted by Gasteiger charge is 2.24. The van der Waals surface area contributed by atoms with E-state index in [1.807, 2.05) is 29.8 Å². The summed E-state index contributed by atoms with van der Waals surface area (Å²) in [6.45, 7) is 3.90. The highest BCUT2D eigenvalue weighted by atomic mass is 35.5. The number of rotatable bonds is 7. The highest BCUT2D eigenvalue weighted by Crippen LogP contribution is 2.38. The minimum atomic E-state index is -0.556. The van der Waals surface area contributed by atoms with Crippen LogP contribution in [0.2, 0.25) is 10.0 Å². The van der Waals surface area contributed by atoms with E-state index in [0.717, 1.165) is 30.2 Å². The first-order chi connectivity index (χ1) is 19.3. The summed E-state index contributed by atoms with van der Waals surface area (Å²) in [5.74, 6) is -0.284. The van der Waals surface area contributed by atoms with E-state index in [4.69, 9.17) is 42.5 Å². The van der Waals surface area contributed by atoms with Gasteiger partial charge in [0.15, 0.2) is 6.23 Å². The van der Waals surface area contributed by atoms with Gasteiger partial charge >= 0.3 is 5.97 Å². The number of methoxy groups -OCH3 is 1. The minimum Gasteiger partial charge on any atom is -0.486 e. The molecule has 0 aliphatic carbocycles. The first kappa shape index (κ1) is 27.9. The van der Waals surface area contributed by atoms with Crippen LogP contribution in [0, 0.1) is 0 Å². The molecule has 2 aromatic heterocycles. The number of ether oxygens (including phenoxy) is 3. The molecule has 5 rings (SSSR count). The van der Waals surface area contributed by atoms with E-state index in [1.54, 1.807) is 18.2 Å². The summed E-state index contributed by atoms with van der Waals surface area (Å²) in [6, 6.07) is 10.8. The molecule has 1 saturated heterocycles. The van der Waals surface area contributed by atoms with Gasteiger partial charge in [-0.2, -0.15) is 5.10 Å². The zero-order valence-electron chi connectivity index (χ0n) is 22.2. The topological polar surface area (TPSA) is 105 Å². The molecule has 3 heterocycles. The van der Waals surface area contributed by atoms with Crippen molar-refractivity contribution in [2.45, 2.75) is 45.4 Å². The molecule has 1 fully saturated rings. The number of fused-ring (bicyclic) bond motifs is 1. The molecule has 1 unspecified atom stereocenters. The van der Waals surface area contributed by atoms with Crippen LogP contribution in [-0.2, 0) is 14.3 Å². The lowest BCUT2D eigenvalue weighted by Gasteiger charge is -2.23. The SMILES string of the molecule is COC(=O)c1ccc(-c2nn(C3CCCCO3)c3ccc(O[C@H](C)c4c(Cl)cncc4Cl)cc23)cc1NC(C)=O. The number of amides is 1. The van der Waals surface area contributed by atoms with E-state index in [2.05, 4.69) is 10.3 Å². The number of aromatic nitrogens is 3. The van der Waals surface area contributed by atoms with Crippen molar-refractivity contribution < 1.29 is 23.8 Å². The number of anilines is 1. The van der Waals surface area contributed by atoms with Crippen LogP contribution < -0.4 is 10.1 Å². The summed E-state index contributed by atoms with van der Waals surface area (Å²) in [5, 5.41) is 9.34. The van der Waals surface area contributed by atoms with E-state index in [1.165, 1.54) is 26.4 Å². The van der Waals surface area contributed by atoms with E-state index in [9.17, 15) is 9.59 Å². The molecule has 1 amide bonds. The van der Waals surface area contributed by atoms with Gasteiger partial charge in [0, 0.05) is 42.4 Å². The van der Waals surface area contributed by atoms with Gasteiger partial charge in [0.25, 0.3) is 0 Å². The molecule has 11 heteroatoms. The minimum absolute atomic E-state index is 0.214. The summed E-state index contributed by atoms with van der Waals surface area (Å²) in [7, 11) is 1.29. The molecular formula is C29H28Cl2N4O5. The summed E-state index contributed by atoms with van der Waals surface area (Å²) in [4.78, 5) is 28.3. The molecule has 0 bridgehead atoms. The van der Waals surface area contributed by atoms with Crippen LogP contribution in [0.5, 0.6) is 5.75 Å². The molecule has 1 aliphatic heterocycles. The monoisotopic (exact) mass is 582 g/mol. The highest BCUT2D eigenvalue weighted by molar-refractivity contribution is 6.35. The van der Waals surface area contributed by atoms with Crippen LogP contribution in [0.1, 0.15) is 61.4 Å². The van der Waals surface area contributed by atoms with Gasteiger partial charge in [-0.15, -0.1) is 0 Å². The molecule has 2 atom stereocenters. The van der Waals surface area contributed by atoms with Gasteiger partial charge in [0.1, 0.15) is 17.5 Å². The van der Waals surface area contributed by atoms with Gasteiger partial charge in [-0.3, -0.25) is 9.78 Å². The summed E-state index contributed by atoms with van der Waals surface area (Å²) in [5.41, 5.74) is 3.41. The molecule has 40 heavy (non-hydrogen) atoms. The van der Waals surface area contributed by atoms with Gasteiger partial charge in [0.05, 0.1) is 33.9 Å². The van der Waals surface area contributed by atoms with E-state index in [0.29, 0.717) is 44.9 Å². The van der Waals surface area contributed by atoms with Crippen LogP contribution in [0.4, 0.5) is 5.69 Å². The normalized spacial score (nSPS) is 16.0. The summed E-state index contributed by atoms with van der Waals surface area (Å²) in [6.07, 6.45) is 5.27. The van der Waals surface area contributed by atoms with Crippen LogP contribution >= 0.6 is 23.2 Å². The largest absolute Gasteiger partial charge is 0.486 e. The smallest absolute Gasteiger partial charge is 0.339 e. The fourth-order valence-corrected chi connectivity index (χ4v) is 5.56. The molecule has 1 aliphatic rings. The number of nitrogens with one attached hydrogen (secondary N) is 1.